The van der Waals surface area contributed by atoms with Crippen molar-refractivity contribution >= 4 is 17.4 Å². The van der Waals surface area contributed by atoms with E-state index < -0.39 is 34.8 Å². The van der Waals surface area contributed by atoms with Crippen LogP contribution < -0.4 is 4.74 Å². The van der Waals surface area contributed by atoms with Crippen molar-refractivity contribution in [2.45, 2.75) is 6.18 Å². The molecule has 0 bridgehead atoms. The van der Waals surface area contributed by atoms with Crippen LogP contribution in [0.3, 0.4) is 0 Å². The monoisotopic (exact) mass is 270 g/mol. The third kappa shape index (κ3) is 2.88. The number of ether oxygens (including phenoxy) is 1. The molecule has 7 heteroatoms. The van der Waals surface area contributed by atoms with Gasteiger partial charge in [-0.25, -0.2) is 4.39 Å². The Bertz CT molecular complexity index is 443. The van der Waals surface area contributed by atoms with E-state index in [4.69, 9.17) is 11.6 Å². The normalized spacial score (nSPS) is 11.4. The molecule has 1 aromatic carbocycles. The largest absolute Gasteiger partial charge is 0.496 e. The van der Waals surface area contributed by atoms with E-state index in [0.717, 1.165) is 7.11 Å². The smallest absolute Gasteiger partial charge is 0.419 e. The van der Waals surface area contributed by atoms with E-state index in [0.29, 0.717) is 12.1 Å². The van der Waals surface area contributed by atoms with Crippen LogP contribution in [0.15, 0.2) is 12.1 Å². The second kappa shape index (κ2) is 4.91. The van der Waals surface area contributed by atoms with Gasteiger partial charge in [-0.05, 0) is 6.07 Å². The van der Waals surface area contributed by atoms with Crippen LogP contribution in [-0.4, -0.2) is 18.8 Å². The second-order valence-corrected chi connectivity index (χ2v) is 3.35. The number of halogens is 5. The molecule has 0 spiro atoms. The van der Waals surface area contributed by atoms with Gasteiger partial charge < -0.3 is 4.74 Å². The van der Waals surface area contributed by atoms with Gasteiger partial charge in [-0.3, -0.25) is 4.79 Å². The van der Waals surface area contributed by atoms with E-state index in [1.807, 2.05) is 0 Å². The first-order valence-electron chi connectivity index (χ1n) is 4.35. The van der Waals surface area contributed by atoms with Crippen LogP contribution in [0.5, 0.6) is 5.75 Å². The van der Waals surface area contributed by atoms with E-state index in [-0.39, 0.29) is 5.75 Å². The molecule has 1 aromatic rings. The summed E-state index contributed by atoms with van der Waals surface area (Å²) in [5.41, 5.74) is -1.91. The van der Waals surface area contributed by atoms with Gasteiger partial charge in [0.1, 0.15) is 11.6 Å². The molecular weight excluding hydrogens is 264 g/mol. The number of hydrogen-bond acceptors (Lipinski definition) is 2. The number of carbonyl (C=O) groups excluding carboxylic acids is 1. The van der Waals surface area contributed by atoms with Crippen LogP contribution >= 0.6 is 11.6 Å². The highest BCUT2D eigenvalue weighted by molar-refractivity contribution is 6.30. The molecule has 0 amide bonds. The number of hydrogen-bond donors (Lipinski definition) is 0. The van der Waals surface area contributed by atoms with Crippen molar-refractivity contribution in [3.05, 3.63) is 29.1 Å². The number of methoxy groups -OCH3 is 1. The molecule has 0 saturated heterocycles. The first kappa shape index (κ1) is 13.8. The first-order chi connectivity index (χ1) is 7.81. The zero-order valence-corrected chi connectivity index (χ0v) is 9.32. The first-order valence-corrected chi connectivity index (χ1v) is 4.88. The Morgan fingerprint density at radius 3 is 2.41 bits per heavy atom. The van der Waals surface area contributed by atoms with Crippen molar-refractivity contribution in [3.8, 4) is 5.75 Å². The van der Waals surface area contributed by atoms with Gasteiger partial charge in [-0.1, -0.05) is 0 Å². The minimum Gasteiger partial charge on any atom is -0.496 e. The molecule has 17 heavy (non-hydrogen) atoms. The van der Waals surface area contributed by atoms with Crippen LogP contribution in [-0.2, 0) is 6.18 Å². The zero-order valence-electron chi connectivity index (χ0n) is 8.57. The molecule has 0 unspecified atom stereocenters. The molecule has 0 radical (unpaired) electrons. The maximum absolute atomic E-state index is 13.1. The summed E-state index contributed by atoms with van der Waals surface area (Å²) < 4.78 is 55.0. The number of benzene rings is 1. The Kier molecular flexibility index (Phi) is 3.98. The summed E-state index contributed by atoms with van der Waals surface area (Å²) >= 11 is 5.24. The molecule has 1 rings (SSSR count). The van der Waals surface area contributed by atoms with Gasteiger partial charge in [-0.15, -0.1) is 11.6 Å². The molecule has 2 nitrogen and oxygen atoms in total. The van der Waals surface area contributed by atoms with Gasteiger partial charge >= 0.3 is 6.18 Å². The van der Waals surface area contributed by atoms with Gasteiger partial charge in [0, 0.05) is 6.07 Å². The van der Waals surface area contributed by atoms with E-state index in [9.17, 15) is 22.4 Å². The standard InChI is InChI=1S/C10H7ClF4O2/c1-17-9-3-7(12)6(10(13,14)15)2-5(9)8(16)4-11/h2-3H,4H2,1H3. The summed E-state index contributed by atoms with van der Waals surface area (Å²) in [7, 11) is 1.12. The van der Waals surface area contributed by atoms with Crippen LogP contribution in [0.4, 0.5) is 17.6 Å². The predicted molar refractivity (Wildman–Crippen MR) is 53.0 cm³/mol. The summed E-state index contributed by atoms with van der Waals surface area (Å²) in [6.07, 6.45) is -4.88. The molecule has 0 fully saturated rings. The third-order valence-electron chi connectivity index (χ3n) is 2.02. The maximum atomic E-state index is 13.1. The number of Topliss-reactive ketones (excluding diaryl/α,β-unsaturated/α-hetero) is 1. The Hall–Kier alpha value is -1.30. The highest BCUT2D eigenvalue weighted by Gasteiger charge is 2.35. The number of ketones is 1. The van der Waals surface area contributed by atoms with Gasteiger partial charge in [0.25, 0.3) is 0 Å². The summed E-state index contributed by atoms with van der Waals surface area (Å²) in [6, 6.07) is 0.918. The van der Waals surface area contributed by atoms with Crippen molar-refractivity contribution in [2.24, 2.45) is 0 Å². The second-order valence-electron chi connectivity index (χ2n) is 3.09. The van der Waals surface area contributed by atoms with Crippen LogP contribution in [0.1, 0.15) is 15.9 Å². The molecule has 0 saturated carbocycles. The molecule has 0 aliphatic carbocycles. The van der Waals surface area contributed by atoms with Crippen molar-refractivity contribution in [2.75, 3.05) is 13.0 Å². The highest BCUT2D eigenvalue weighted by Crippen LogP contribution is 2.35. The van der Waals surface area contributed by atoms with Crippen LogP contribution in [0, 0.1) is 5.82 Å². The average molecular weight is 271 g/mol. The lowest BCUT2D eigenvalue weighted by molar-refractivity contribution is -0.140. The zero-order chi connectivity index (χ0) is 13.2. The molecule has 0 aliphatic heterocycles. The lowest BCUT2D eigenvalue weighted by Crippen LogP contribution is -2.12. The number of carbonyl (C=O) groups is 1. The molecule has 0 heterocycles. The Morgan fingerprint density at radius 1 is 1.41 bits per heavy atom. The number of rotatable bonds is 3. The lowest BCUT2D eigenvalue weighted by Gasteiger charge is -2.12. The SMILES string of the molecule is COc1cc(F)c(C(F)(F)F)cc1C(=O)CCl. The van der Waals surface area contributed by atoms with E-state index in [1.165, 1.54) is 0 Å². The average Bonchev–Trinajstić information content (AvgIpc) is 2.25. The van der Waals surface area contributed by atoms with Gasteiger partial charge in [0.2, 0.25) is 0 Å². The van der Waals surface area contributed by atoms with E-state index in [1.54, 1.807) is 0 Å². The van der Waals surface area contributed by atoms with Gasteiger partial charge in [0.05, 0.1) is 24.1 Å². The fourth-order valence-corrected chi connectivity index (χ4v) is 1.37. The van der Waals surface area contributed by atoms with Crippen LogP contribution in [0.25, 0.3) is 0 Å². The summed E-state index contributed by atoms with van der Waals surface area (Å²) in [4.78, 5) is 11.3. The maximum Gasteiger partial charge on any atom is 0.419 e. The van der Waals surface area contributed by atoms with Crippen molar-refractivity contribution in [3.63, 3.8) is 0 Å². The fourth-order valence-electron chi connectivity index (χ4n) is 1.23. The Morgan fingerprint density at radius 2 is 2.00 bits per heavy atom. The van der Waals surface area contributed by atoms with Crippen molar-refractivity contribution in [1.82, 2.24) is 0 Å². The molecule has 94 valence electrons. The van der Waals surface area contributed by atoms with Gasteiger partial charge in [0.15, 0.2) is 5.78 Å². The van der Waals surface area contributed by atoms with Crippen molar-refractivity contribution in [1.29, 1.82) is 0 Å². The molecular formula is C10H7ClF4O2. The van der Waals surface area contributed by atoms with E-state index >= 15 is 0 Å². The fraction of sp³-hybridized carbons (Fsp3) is 0.300. The topological polar surface area (TPSA) is 26.3 Å². The van der Waals surface area contributed by atoms with E-state index in [2.05, 4.69) is 4.74 Å². The molecule has 0 aliphatic rings. The quantitative estimate of drug-likeness (QED) is 0.479. The molecule has 0 N–H and O–H groups in total. The third-order valence-corrected chi connectivity index (χ3v) is 2.26. The highest BCUT2D eigenvalue weighted by atomic mass is 35.5. The predicted octanol–water partition coefficient (Wildman–Crippen LogP) is 3.27. The Balaban J connectivity index is 3.43. The Labute approximate surface area is 99.1 Å². The molecule has 0 atom stereocenters. The minimum atomic E-state index is -4.88. The molecule has 0 aromatic heterocycles. The lowest BCUT2D eigenvalue weighted by atomic mass is 10.1. The summed E-state index contributed by atoms with van der Waals surface area (Å²) in [5, 5.41) is 0. The van der Waals surface area contributed by atoms with Crippen LogP contribution in [0.2, 0.25) is 0 Å². The minimum absolute atomic E-state index is 0.277. The van der Waals surface area contributed by atoms with Gasteiger partial charge in [-0.2, -0.15) is 13.2 Å². The summed E-state index contributed by atoms with van der Waals surface area (Å²) in [5.74, 6) is -3.06. The number of alkyl halides is 4. The summed E-state index contributed by atoms with van der Waals surface area (Å²) in [6.45, 7) is 0. The van der Waals surface area contributed by atoms with Crippen molar-refractivity contribution < 1.29 is 27.1 Å².